The van der Waals surface area contributed by atoms with E-state index in [1.165, 1.54) is 0 Å². The number of hydrogen-bond acceptors (Lipinski definition) is 3. The van der Waals surface area contributed by atoms with E-state index in [9.17, 15) is 0 Å². The molecule has 0 fully saturated rings. The maximum Gasteiger partial charge on any atom is 0.0589 e. The van der Waals surface area contributed by atoms with Gasteiger partial charge in [0.2, 0.25) is 0 Å². The van der Waals surface area contributed by atoms with Crippen molar-refractivity contribution < 1.29 is 0 Å². The largest absolute Gasteiger partial charge is 0.313 e. The predicted octanol–water partition coefficient (Wildman–Crippen LogP) is 2.16. The molecule has 0 saturated carbocycles. The van der Waals surface area contributed by atoms with Crippen LogP contribution in [0.3, 0.4) is 0 Å². The summed E-state index contributed by atoms with van der Waals surface area (Å²) in [5.74, 6) is 0. The monoisotopic (exact) mass is 241 g/mol. The average Bonchev–Trinajstić information content (AvgIpc) is 2.21. The van der Waals surface area contributed by atoms with Crippen LogP contribution < -0.4 is 5.32 Å². The second kappa shape index (κ2) is 6.84. The minimum Gasteiger partial charge on any atom is -0.313 e. The Morgan fingerprint density at radius 3 is 2.75 bits per heavy atom. The van der Waals surface area contributed by atoms with E-state index in [-0.39, 0.29) is 0 Å². The molecular formula is C12H20ClN3. The molecule has 0 unspecified atom stereocenters. The Hall–Kier alpha value is -0.640. The topological polar surface area (TPSA) is 28.2 Å². The molecule has 0 aliphatic heterocycles. The molecule has 4 heteroatoms. The van der Waals surface area contributed by atoms with E-state index in [0.29, 0.717) is 11.1 Å². The van der Waals surface area contributed by atoms with Crippen LogP contribution in [0.25, 0.3) is 0 Å². The first-order valence-corrected chi connectivity index (χ1v) is 5.98. The molecule has 0 amide bonds. The number of likely N-dealkylation sites (N-methyl/N-ethyl adjacent to an activating group) is 1. The van der Waals surface area contributed by atoms with E-state index >= 15 is 0 Å². The lowest BCUT2D eigenvalue weighted by Gasteiger charge is -2.17. The Bertz CT molecular complexity index is 298. The molecule has 16 heavy (non-hydrogen) atoms. The van der Waals surface area contributed by atoms with E-state index in [1.807, 2.05) is 12.1 Å². The number of rotatable bonds is 6. The van der Waals surface area contributed by atoms with Crippen molar-refractivity contribution in [1.82, 2.24) is 15.2 Å². The van der Waals surface area contributed by atoms with E-state index in [2.05, 4.69) is 36.1 Å². The van der Waals surface area contributed by atoms with Gasteiger partial charge in [0.05, 0.1) is 10.7 Å². The third-order valence-corrected chi connectivity index (χ3v) is 2.49. The van der Waals surface area contributed by atoms with Crippen molar-refractivity contribution in [3.05, 3.63) is 29.0 Å². The van der Waals surface area contributed by atoms with Crippen LogP contribution >= 0.6 is 11.6 Å². The SMILES string of the molecule is CC(C)NCCN(C)Cc1ccc(Cl)cn1. The quantitative estimate of drug-likeness (QED) is 0.828. The fraction of sp³-hybridized carbons (Fsp3) is 0.583. The molecular weight excluding hydrogens is 222 g/mol. The first-order valence-electron chi connectivity index (χ1n) is 5.60. The van der Waals surface area contributed by atoms with Gasteiger partial charge in [0.25, 0.3) is 0 Å². The van der Waals surface area contributed by atoms with E-state index in [0.717, 1.165) is 25.3 Å². The zero-order chi connectivity index (χ0) is 12.0. The van der Waals surface area contributed by atoms with Gasteiger partial charge < -0.3 is 5.32 Å². The lowest BCUT2D eigenvalue weighted by molar-refractivity contribution is 0.316. The zero-order valence-electron chi connectivity index (χ0n) is 10.2. The summed E-state index contributed by atoms with van der Waals surface area (Å²) in [5.41, 5.74) is 1.05. The van der Waals surface area contributed by atoms with Gasteiger partial charge in [-0.25, -0.2) is 0 Å². The fourth-order valence-corrected chi connectivity index (χ4v) is 1.51. The molecule has 0 bridgehead atoms. The fourth-order valence-electron chi connectivity index (χ4n) is 1.40. The maximum atomic E-state index is 5.78. The van der Waals surface area contributed by atoms with Gasteiger partial charge in [-0.2, -0.15) is 0 Å². The van der Waals surface area contributed by atoms with Crippen molar-refractivity contribution >= 4 is 11.6 Å². The summed E-state index contributed by atoms with van der Waals surface area (Å²) in [6.45, 7) is 7.18. The summed E-state index contributed by atoms with van der Waals surface area (Å²) >= 11 is 5.78. The van der Waals surface area contributed by atoms with Crippen LogP contribution in [-0.2, 0) is 6.54 Å². The van der Waals surface area contributed by atoms with Crippen molar-refractivity contribution in [1.29, 1.82) is 0 Å². The van der Waals surface area contributed by atoms with Crippen LogP contribution in [0.2, 0.25) is 5.02 Å². The van der Waals surface area contributed by atoms with Crippen LogP contribution in [-0.4, -0.2) is 36.1 Å². The number of halogens is 1. The molecule has 0 aromatic carbocycles. The molecule has 3 nitrogen and oxygen atoms in total. The van der Waals surface area contributed by atoms with Gasteiger partial charge in [0.1, 0.15) is 0 Å². The number of hydrogen-bond donors (Lipinski definition) is 1. The molecule has 1 aromatic heterocycles. The molecule has 0 spiro atoms. The first kappa shape index (κ1) is 13.4. The Balaban J connectivity index is 2.28. The summed E-state index contributed by atoms with van der Waals surface area (Å²) in [6, 6.07) is 4.39. The number of nitrogens with one attached hydrogen (secondary N) is 1. The van der Waals surface area contributed by atoms with Crippen molar-refractivity contribution in [3.8, 4) is 0 Å². The standard InChI is InChI=1S/C12H20ClN3/c1-10(2)14-6-7-16(3)9-12-5-4-11(13)8-15-12/h4-5,8,10,14H,6-7,9H2,1-3H3. The minimum absolute atomic E-state index is 0.544. The Morgan fingerprint density at radius 1 is 1.44 bits per heavy atom. The molecule has 1 aromatic rings. The second-order valence-electron chi connectivity index (χ2n) is 4.31. The third-order valence-electron chi connectivity index (χ3n) is 2.27. The Labute approximate surface area is 103 Å². The van der Waals surface area contributed by atoms with Crippen LogP contribution in [0.15, 0.2) is 18.3 Å². The van der Waals surface area contributed by atoms with Gasteiger partial charge in [-0.05, 0) is 19.2 Å². The number of pyridine rings is 1. The highest BCUT2D eigenvalue weighted by Gasteiger charge is 2.01. The molecule has 1 heterocycles. The molecule has 0 atom stereocenters. The lowest BCUT2D eigenvalue weighted by atomic mass is 10.3. The summed E-state index contributed by atoms with van der Waals surface area (Å²) in [5, 5.41) is 4.08. The van der Waals surface area contributed by atoms with Crippen LogP contribution in [0, 0.1) is 0 Å². The van der Waals surface area contributed by atoms with Crippen molar-refractivity contribution in [2.24, 2.45) is 0 Å². The molecule has 0 saturated heterocycles. The van der Waals surface area contributed by atoms with Gasteiger partial charge in [-0.15, -0.1) is 0 Å². The molecule has 0 radical (unpaired) electrons. The van der Waals surface area contributed by atoms with E-state index in [4.69, 9.17) is 11.6 Å². The maximum absolute atomic E-state index is 5.78. The first-order chi connectivity index (χ1) is 7.58. The average molecular weight is 242 g/mol. The van der Waals surface area contributed by atoms with Crippen LogP contribution in [0.4, 0.5) is 0 Å². The van der Waals surface area contributed by atoms with Crippen LogP contribution in [0.1, 0.15) is 19.5 Å². The van der Waals surface area contributed by atoms with Gasteiger partial charge in [-0.1, -0.05) is 25.4 Å². The highest BCUT2D eigenvalue weighted by atomic mass is 35.5. The summed E-state index contributed by atoms with van der Waals surface area (Å²) < 4.78 is 0. The van der Waals surface area contributed by atoms with Gasteiger partial charge >= 0.3 is 0 Å². The van der Waals surface area contributed by atoms with Gasteiger partial charge in [0, 0.05) is 31.9 Å². The van der Waals surface area contributed by atoms with Gasteiger partial charge in [-0.3, -0.25) is 9.88 Å². The van der Waals surface area contributed by atoms with E-state index in [1.54, 1.807) is 6.20 Å². The summed E-state index contributed by atoms with van der Waals surface area (Å²) in [7, 11) is 2.10. The van der Waals surface area contributed by atoms with Crippen LogP contribution in [0.5, 0.6) is 0 Å². The van der Waals surface area contributed by atoms with E-state index < -0.39 is 0 Å². The summed E-state index contributed by atoms with van der Waals surface area (Å²) in [6.07, 6.45) is 1.69. The number of nitrogens with zero attached hydrogens (tertiary/aromatic N) is 2. The second-order valence-corrected chi connectivity index (χ2v) is 4.75. The zero-order valence-corrected chi connectivity index (χ0v) is 11.0. The minimum atomic E-state index is 0.544. The molecule has 1 rings (SSSR count). The highest BCUT2D eigenvalue weighted by molar-refractivity contribution is 6.30. The molecule has 0 aliphatic carbocycles. The third kappa shape index (κ3) is 5.45. The summed E-state index contributed by atoms with van der Waals surface area (Å²) in [4.78, 5) is 6.51. The lowest BCUT2D eigenvalue weighted by Crippen LogP contribution is -2.32. The normalized spacial score (nSPS) is 11.4. The predicted molar refractivity (Wildman–Crippen MR) is 68.7 cm³/mol. The van der Waals surface area contributed by atoms with Crippen molar-refractivity contribution in [2.75, 3.05) is 20.1 Å². The van der Waals surface area contributed by atoms with Crippen molar-refractivity contribution in [3.63, 3.8) is 0 Å². The molecule has 90 valence electrons. The highest BCUT2D eigenvalue weighted by Crippen LogP contribution is 2.07. The Morgan fingerprint density at radius 2 is 2.19 bits per heavy atom. The van der Waals surface area contributed by atoms with Crippen molar-refractivity contribution in [2.45, 2.75) is 26.4 Å². The number of aromatic nitrogens is 1. The van der Waals surface area contributed by atoms with Gasteiger partial charge in [0.15, 0.2) is 0 Å². The smallest absolute Gasteiger partial charge is 0.0589 e. The molecule has 0 aliphatic rings. The Kier molecular flexibility index (Phi) is 5.74. The molecule has 1 N–H and O–H groups in total.